The molecule has 0 bridgehead atoms. The zero-order valence-electron chi connectivity index (χ0n) is 13.1. The number of nitrogens with one attached hydrogen (secondary N) is 2. The van der Waals surface area contributed by atoms with Crippen molar-refractivity contribution in [2.75, 3.05) is 31.6 Å². The first-order valence-corrected chi connectivity index (χ1v) is 8.24. The van der Waals surface area contributed by atoms with Crippen LogP contribution >= 0.6 is 0 Å². The highest BCUT2D eigenvalue weighted by Gasteiger charge is 2.22. The molecule has 0 radical (unpaired) electrons. The van der Waals surface area contributed by atoms with Crippen molar-refractivity contribution in [2.45, 2.75) is 38.1 Å². The number of para-hydroxylation sites is 1. The van der Waals surface area contributed by atoms with E-state index in [-0.39, 0.29) is 12.6 Å². The van der Waals surface area contributed by atoms with Crippen molar-refractivity contribution in [3.8, 4) is 0 Å². The number of benzene rings is 1. The molecule has 0 saturated carbocycles. The number of carbonyl (C=O) groups excluding carboxylic acids is 1. The van der Waals surface area contributed by atoms with Gasteiger partial charge in [0.1, 0.15) is 0 Å². The van der Waals surface area contributed by atoms with E-state index in [0.717, 1.165) is 38.0 Å². The van der Waals surface area contributed by atoms with Gasteiger partial charge in [0.05, 0.1) is 0 Å². The normalized spacial score (nSPS) is 18.9. The van der Waals surface area contributed by atoms with Crippen LogP contribution in [0.5, 0.6) is 0 Å². The van der Waals surface area contributed by atoms with Crippen LogP contribution in [0, 0.1) is 0 Å². The summed E-state index contributed by atoms with van der Waals surface area (Å²) in [5.74, 6) is 0. The lowest BCUT2D eigenvalue weighted by Gasteiger charge is -2.35. The molecular weight excluding hydrogens is 278 g/mol. The highest BCUT2D eigenvalue weighted by atomic mass is 16.2. The molecule has 0 spiro atoms. The molecule has 0 aromatic heterocycles. The van der Waals surface area contributed by atoms with Crippen molar-refractivity contribution in [1.82, 2.24) is 10.2 Å². The third-order valence-electron chi connectivity index (χ3n) is 4.13. The van der Waals surface area contributed by atoms with Crippen molar-refractivity contribution < 1.29 is 9.90 Å². The van der Waals surface area contributed by atoms with E-state index in [0.29, 0.717) is 12.6 Å². The average Bonchev–Trinajstić information content (AvgIpc) is 2.55. The molecule has 2 amide bonds. The van der Waals surface area contributed by atoms with Gasteiger partial charge in [0.15, 0.2) is 0 Å². The largest absolute Gasteiger partial charge is 0.396 e. The number of nitrogens with zero attached hydrogens (tertiary/aromatic N) is 1. The van der Waals surface area contributed by atoms with Crippen molar-refractivity contribution in [3.05, 3.63) is 30.3 Å². The Bertz CT molecular complexity index is 439. The van der Waals surface area contributed by atoms with Gasteiger partial charge in [-0.25, -0.2) is 4.79 Å². The van der Waals surface area contributed by atoms with Gasteiger partial charge in [0, 0.05) is 24.9 Å². The second-order valence-corrected chi connectivity index (χ2v) is 5.82. The van der Waals surface area contributed by atoms with E-state index in [1.807, 2.05) is 30.3 Å². The minimum atomic E-state index is -0.146. The zero-order valence-corrected chi connectivity index (χ0v) is 13.1. The summed E-state index contributed by atoms with van der Waals surface area (Å²) in [5.41, 5.74) is 0.809. The van der Waals surface area contributed by atoms with E-state index in [9.17, 15) is 4.79 Å². The zero-order chi connectivity index (χ0) is 15.6. The first kappa shape index (κ1) is 16.8. The van der Waals surface area contributed by atoms with Crippen LogP contribution in [0.3, 0.4) is 0 Å². The standard InChI is InChI=1S/C17H27N3O2/c21-13-7-6-12-20-11-5-4-10-16(20)14-18-17(22)19-15-8-2-1-3-9-15/h1-3,8-9,16,21H,4-7,10-14H2,(H2,18,19,22). The predicted molar refractivity (Wildman–Crippen MR) is 89.0 cm³/mol. The lowest BCUT2D eigenvalue weighted by atomic mass is 10.0. The van der Waals surface area contributed by atoms with Crippen molar-refractivity contribution in [1.29, 1.82) is 0 Å². The number of urea groups is 1. The molecule has 1 unspecified atom stereocenters. The van der Waals surface area contributed by atoms with E-state index in [2.05, 4.69) is 15.5 Å². The Balaban J connectivity index is 1.74. The van der Waals surface area contributed by atoms with Gasteiger partial charge < -0.3 is 15.7 Å². The van der Waals surface area contributed by atoms with E-state index in [1.165, 1.54) is 12.8 Å². The molecule has 1 aromatic carbocycles. The molecule has 5 nitrogen and oxygen atoms in total. The summed E-state index contributed by atoms with van der Waals surface area (Å²) in [4.78, 5) is 14.4. The van der Waals surface area contributed by atoms with Crippen molar-refractivity contribution in [2.24, 2.45) is 0 Å². The van der Waals surface area contributed by atoms with Crippen LogP contribution in [0.1, 0.15) is 32.1 Å². The summed E-state index contributed by atoms with van der Waals surface area (Å²) >= 11 is 0. The van der Waals surface area contributed by atoms with Crippen LogP contribution in [-0.4, -0.2) is 48.3 Å². The molecule has 0 aliphatic carbocycles. The SMILES string of the molecule is O=C(NCC1CCCCN1CCCCO)Nc1ccccc1. The Morgan fingerprint density at radius 1 is 1.23 bits per heavy atom. The number of hydrogen-bond acceptors (Lipinski definition) is 3. The van der Waals surface area contributed by atoms with Crippen LogP contribution in [0.2, 0.25) is 0 Å². The monoisotopic (exact) mass is 305 g/mol. The topological polar surface area (TPSA) is 64.6 Å². The summed E-state index contributed by atoms with van der Waals surface area (Å²) in [7, 11) is 0. The molecule has 5 heteroatoms. The molecule has 1 aliphatic rings. The second-order valence-electron chi connectivity index (χ2n) is 5.82. The van der Waals surface area contributed by atoms with Gasteiger partial charge in [0.2, 0.25) is 0 Å². The second kappa shape index (κ2) is 9.43. The molecule has 22 heavy (non-hydrogen) atoms. The van der Waals surface area contributed by atoms with Crippen LogP contribution in [0.25, 0.3) is 0 Å². The van der Waals surface area contributed by atoms with Gasteiger partial charge in [-0.15, -0.1) is 0 Å². The summed E-state index contributed by atoms with van der Waals surface area (Å²) in [6.07, 6.45) is 5.45. The maximum atomic E-state index is 11.9. The molecule has 122 valence electrons. The Morgan fingerprint density at radius 3 is 2.82 bits per heavy atom. The van der Waals surface area contributed by atoms with Crippen LogP contribution in [0.4, 0.5) is 10.5 Å². The Morgan fingerprint density at radius 2 is 2.05 bits per heavy atom. The quantitative estimate of drug-likeness (QED) is 0.678. The number of anilines is 1. The number of amides is 2. The molecule has 1 heterocycles. The van der Waals surface area contributed by atoms with E-state index < -0.39 is 0 Å². The Labute approximate surface area is 132 Å². The van der Waals surface area contributed by atoms with Crippen molar-refractivity contribution in [3.63, 3.8) is 0 Å². The number of aliphatic hydroxyl groups is 1. The predicted octanol–water partition coefficient (Wildman–Crippen LogP) is 2.44. The lowest BCUT2D eigenvalue weighted by molar-refractivity contribution is 0.140. The number of piperidine rings is 1. The maximum absolute atomic E-state index is 11.9. The highest BCUT2D eigenvalue weighted by molar-refractivity contribution is 5.89. The third kappa shape index (κ3) is 5.66. The molecule has 1 saturated heterocycles. The fourth-order valence-electron chi connectivity index (χ4n) is 2.92. The number of rotatable bonds is 7. The van der Waals surface area contributed by atoms with Gasteiger partial charge >= 0.3 is 6.03 Å². The summed E-state index contributed by atoms with van der Waals surface area (Å²) < 4.78 is 0. The van der Waals surface area contributed by atoms with E-state index >= 15 is 0 Å². The Kier molecular flexibility index (Phi) is 7.19. The fraction of sp³-hybridized carbons (Fsp3) is 0.588. The van der Waals surface area contributed by atoms with Crippen LogP contribution in [-0.2, 0) is 0 Å². The summed E-state index contributed by atoms with van der Waals surface area (Å²) in [6, 6.07) is 9.75. The minimum Gasteiger partial charge on any atom is -0.396 e. The van der Waals surface area contributed by atoms with E-state index in [1.54, 1.807) is 0 Å². The molecule has 1 aliphatic heterocycles. The first-order valence-electron chi connectivity index (χ1n) is 8.24. The fourth-order valence-corrected chi connectivity index (χ4v) is 2.92. The molecule has 3 N–H and O–H groups in total. The lowest BCUT2D eigenvalue weighted by Crippen LogP contribution is -2.47. The number of unbranched alkanes of at least 4 members (excludes halogenated alkanes) is 1. The van der Waals surface area contributed by atoms with Gasteiger partial charge in [-0.3, -0.25) is 4.90 Å². The summed E-state index contributed by atoms with van der Waals surface area (Å²) in [5, 5.41) is 14.7. The molecule has 2 rings (SSSR count). The minimum absolute atomic E-state index is 0.146. The third-order valence-corrected chi connectivity index (χ3v) is 4.13. The number of carbonyl (C=O) groups is 1. The molecule has 1 atom stereocenters. The van der Waals surface area contributed by atoms with Crippen LogP contribution < -0.4 is 10.6 Å². The van der Waals surface area contributed by atoms with Gasteiger partial charge in [-0.05, 0) is 50.9 Å². The average molecular weight is 305 g/mol. The van der Waals surface area contributed by atoms with Crippen LogP contribution in [0.15, 0.2) is 30.3 Å². The van der Waals surface area contributed by atoms with Gasteiger partial charge in [-0.2, -0.15) is 0 Å². The molecule has 1 aromatic rings. The smallest absolute Gasteiger partial charge is 0.319 e. The molecular formula is C17H27N3O2. The highest BCUT2D eigenvalue weighted by Crippen LogP contribution is 2.17. The van der Waals surface area contributed by atoms with E-state index in [4.69, 9.17) is 5.11 Å². The molecule has 1 fully saturated rings. The number of hydrogen-bond donors (Lipinski definition) is 3. The maximum Gasteiger partial charge on any atom is 0.319 e. The Hall–Kier alpha value is -1.59. The first-order chi connectivity index (χ1) is 10.8. The number of likely N-dealkylation sites (tertiary alicyclic amines) is 1. The van der Waals surface area contributed by atoms with Crippen molar-refractivity contribution >= 4 is 11.7 Å². The number of aliphatic hydroxyl groups excluding tert-OH is 1. The van der Waals surface area contributed by atoms with Gasteiger partial charge in [0.25, 0.3) is 0 Å². The van der Waals surface area contributed by atoms with Gasteiger partial charge in [-0.1, -0.05) is 24.6 Å². The summed E-state index contributed by atoms with van der Waals surface area (Å²) in [6.45, 7) is 3.04.